The van der Waals surface area contributed by atoms with Crippen molar-refractivity contribution in [2.45, 2.75) is 66.0 Å². The number of hydrogen-bond acceptors (Lipinski definition) is 4. The smallest absolute Gasteiger partial charge is 0.407 e. The maximum absolute atomic E-state index is 12.2. The summed E-state index contributed by atoms with van der Waals surface area (Å²) in [6, 6.07) is -0.205. The highest BCUT2D eigenvalue weighted by atomic mass is 16.6. The molecule has 0 aliphatic rings. The Balaban J connectivity index is 4.37. The van der Waals surface area contributed by atoms with Gasteiger partial charge in [0.2, 0.25) is 11.8 Å². The highest BCUT2D eigenvalue weighted by Crippen LogP contribution is 2.08. The van der Waals surface area contributed by atoms with Crippen molar-refractivity contribution in [3.8, 4) is 0 Å². The minimum absolute atomic E-state index is 0.0785. The van der Waals surface area contributed by atoms with E-state index in [4.69, 9.17) is 10.5 Å². The molecule has 0 fully saturated rings. The number of alkyl carbamates (subject to hydrolysis) is 1. The first-order valence-electron chi connectivity index (χ1n) is 7.96. The summed E-state index contributed by atoms with van der Waals surface area (Å²) in [5, 5.41) is 2.69. The topological polar surface area (TPSA) is 102 Å². The molecule has 0 heterocycles. The number of nitrogens with zero attached hydrogens (tertiary/aromatic N) is 1. The van der Waals surface area contributed by atoms with E-state index in [0.717, 1.165) is 0 Å². The number of amides is 3. The van der Waals surface area contributed by atoms with E-state index in [1.807, 2.05) is 13.8 Å². The average Bonchev–Trinajstić information content (AvgIpc) is 2.31. The molecule has 0 saturated carbocycles. The van der Waals surface area contributed by atoms with Crippen molar-refractivity contribution in [3.63, 3.8) is 0 Å². The molecule has 0 aromatic carbocycles. The normalized spacial score (nSPS) is 12.7. The maximum atomic E-state index is 12.2. The van der Waals surface area contributed by atoms with Crippen molar-refractivity contribution in [3.05, 3.63) is 0 Å². The van der Waals surface area contributed by atoms with Crippen LogP contribution >= 0.6 is 0 Å². The fourth-order valence-electron chi connectivity index (χ4n) is 1.96. The molecular weight excluding hydrogens is 298 g/mol. The molecule has 0 aliphatic carbocycles. The molecule has 0 rings (SSSR count). The van der Waals surface area contributed by atoms with Gasteiger partial charge in [0.1, 0.15) is 5.60 Å². The molecule has 0 saturated heterocycles. The van der Waals surface area contributed by atoms with Crippen molar-refractivity contribution in [2.24, 2.45) is 11.7 Å². The van der Waals surface area contributed by atoms with Crippen LogP contribution in [0.25, 0.3) is 0 Å². The zero-order valence-corrected chi connectivity index (χ0v) is 15.1. The summed E-state index contributed by atoms with van der Waals surface area (Å²) in [6.07, 6.45) is 0.191. The summed E-state index contributed by atoms with van der Waals surface area (Å²) in [7, 11) is 0. The zero-order valence-electron chi connectivity index (χ0n) is 15.1. The van der Waals surface area contributed by atoms with Crippen LogP contribution < -0.4 is 11.1 Å². The van der Waals surface area contributed by atoms with Gasteiger partial charge in [-0.15, -0.1) is 0 Å². The van der Waals surface area contributed by atoms with Gasteiger partial charge in [-0.1, -0.05) is 13.8 Å². The van der Waals surface area contributed by atoms with E-state index in [9.17, 15) is 14.4 Å². The Labute approximate surface area is 138 Å². The lowest BCUT2D eigenvalue weighted by Gasteiger charge is -2.24. The van der Waals surface area contributed by atoms with Crippen LogP contribution in [0.2, 0.25) is 0 Å². The number of rotatable bonds is 8. The number of ether oxygens (including phenoxy) is 1. The first-order valence-corrected chi connectivity index (χ1v) is 7.96. The van der Waals surface area contributed by atoms with Crippen LogP contribution in [-0.4, -0.2) is 47.5 Å². The number of nitrogens with one attached hydrogen (secondary N) is 1. The third-order valence-corrected chi connectivity index (χ3v) is 2.84. The van der Waals surface area contributed by atoms with Gasteiger partial charge in [-0.2, -0.15) is 0 Å². The Bertz CT molecular complexity index is 416. The SMILES string of the molecule is CC(C)CN(CC(N)=O)C(=O)CC[C@H](C)NC(=O)OC(C)(C)C. The van der Waals surface area contributed by atoms with Crippen LogP contribution in [0.15, 0.2) is 0 Å². The van der Waals surface area contributed by atoms with Crippen LogP contribution in [0, 0.1) is 5.92 Å². The number of hydrogen-bond donors (Lipinski definition) is 2. The Hall–Kier alpha value is -1.79. The van der Waals surface area contributed by atoms with E-state index in [1.165, 1.54) is 4.90 Å². The van der Waals surface area contributed by atoms with Crippen molar-refractivity contribution in [1.82, 2.24) is 10.2 Å². The number of carbonyl (C=O) groups is 3. The molecule has 7 nitrogen and oxygen atoms in total. The molecule has 134 valence electrons. The van der Waals surface area contributed by atoms with Crippen molar-refractivity contribution < 1.29 is 19.1 Å². The molecule has 0 radical (unpaired) electrons. The van der Waals surface area contributed by atoms with Gasteiger partial charge in [-0.25, -0.2) is 4.79 Å². The van der Waals surface area contributed by atoms with Crippen LogP contribution in [0.1, 0.15) is 54.4 Å². The molecule has 0 unspecified atom stereocenters. The van der Waals surface area contributed by atoms with Gasteiger partial charge in [0.15, 0.2) is 0 Å². The zero-order chi connectivity index (χ0) is 18.2. The van der Waals surface area contributed by atoms with Crippen LogP contribution in [0.5, 0.6) is 0 Å². The quantitative estimate of drug-likeness (QED) is 0.707. The second-order valence-electron chi connectivity index (χ2n) is 7.22. The first-order chi connectivity index (χ1) is 10.4. The number of primary amides is 1. The van der Waals surface area contributed by atoms with Gasteiger partial charge in [0.05, 0.1) is 6.54 Å². The largest absolute Gasteiger partial charge is 0.444 e. The molecule has 0 aliphatic heterocycles. The summed E-state index contributed by atoms with van der Waals surface area (Å²) in [5.74, 6) is -0.426. The van der Waals surface area contributed by atoms with Crippen LogP contribution in [0.3, 0.4) is 0 Å². The molecule has 0 spiro atoms. The van der Waals surface area contributed by atoms with E-state index in [0.29, 0.717) is 13.0 Å². The molecule has 0 aromatic heterocycles. The minimum atomic E-state index is -0.560. The summed E-state index contributed by atoms with van der Waals surface area (Å²) < 4.78 is 5.16. The molecular formula is C16H31N3O4. The van der Waals surface area contributed by atoms with E-state index in [-0.39, 0.29) is 30.8 Å². The molecule has 0 aromatic rings. The maximum Gasteiger partial charge on any atom is 0.407 e. The minimum Gasteiger partial charge on any atom is -0.444 e. The standard InChI is InChI=1S/C16H31N3O4/c1-11(2)9-19(10-13(17)20)14(21)8-7-12(3)18-15(22)23-16(4,5)6/h11-12H,7-10H2,1-6H3,(H2,17,20)(H,18,22)/t12-/m0/s1. The van der Waals surface area contributed by atoms with E-state index < -0.39 is 17.6 Å². The Morgan fingerprint density at radius 2 is 1.74 bits per heavy atom. The van der Waals surface area contributed by atoms with Gasteiger partial charge >= 0.3 is 6.09 Å². The van der Waals surface area contributed by atoms with Gasteiger partial charge in [-0.3, -0.25) is 9.59 Å². The monoisotopic (exact) mass is 329 g/mol. The highest BCUT2D eigenvalue weighted by Gasteiger charge is 2.20. The fraction of sp³-hybridized carbons (Fsp3) is 0.812. The molecule has 3 N–H and O–H groups in total. The lowest BCUT2D eigenvalue weighted by atomic mass is 10.1. The lowest BCUT2D eigenvalue weighted by molar-refractivity contribution is -0.135. The van der Waals surface area contributed by atoms with Crippen LogP contribution in [0.4, 0.5) is 4.79 Å². The first kappa shape index (κ1) is 21.2. The predicted octanol–water partition coefficient (Wildman–Crippen LogP) is 1.65. The van der Waals surface area contributed by atoms with Gasteiger partial charge in [-0.05, 0) is 40.0 Å². The Morgan fingerprint density at radius 1 is 1.17 bits per heavy atom. The fourth-order valence-corrected chi connectivity index (χ4v) is 1.96. The summed E-state index contributed by atoms with van der Waals surface area (Å²) in [6.45, 7) is 11.5. The summed E-state index contributed by atoms with van der Waals surface area (Å²) in [5.41, 5.74) is 4.62. The second kappa shape index (κ2) is 9.37. The van der Waals surface area contributed by atoms with E-state index >= 15 is 0 Å². The molecule has 23 heavy (non-hydrogen) atoms. The van der Waals surface area contributed by atoms with E-state index in [2.05, 4.69) is 5.32 Å². The van der Waals surface area contributed by atoms with Gasteiger partial charge < -0.3 is 20.7 Å². The van der Waals surface area contributed by atoms with Crippen molar-refractivity contribution >= 4 is 17.9 Å². The van der Waals surface area contributed by atoms with Gasteiger partial charge in [0.25, 0.3) is 0 Å². The third kappa shape index (κ3) is 11.4. The molecule has 1 atom stereocenters. The molecule has 0 bridgehead atoms. The summed E-state index contributed by atoms with van der Waals surface area (Å²) >= 11 is 0. The molecule has 7 heteroatoms. The highest BCUT2D eigenvalue weighted by molar-refractivity contribution is 5.83. The predicted molar refractivity (Wildman–Crippen MR) is 88.7 cm³/mol. The van der Waals surface area contributed by atoms with Crippen molar-refractivity contribution in [2.75, 3.05) is 13.1 Å². The van der Waals surface area contributed by atoms with Crippen molar-refractivity contribution in [1.29, 1.82) is 0 Å². The second-order valence-corrected chi connectivity index (χ2v) is 7.22. The lowest BCUT2D eigenvalue weighted by Crippen LogP contribution is -2.42. The van der Waals surface area contributed by atoms with Crippen LogP contribution in [-0.2, 0) is 14.3 Å². The summed E-state index contributed by atoms with van der Waals surface area (Å²) in [4.78, 5) is 36.4. The van der Waals surface area contributed by atoms with E-state index in [1.54, 1.807) is 27.7 Å². The Morgan fingerprint density at radius 3 is 2.17 bits per heavy atom. The Kier molecular flexibility index (Phi) is 8.64. The van der Waals surface area contributed by atoms with Gasteiger partial charge in [0, 0.05) is 19.0 Å². The number of carbonyl (C=O) groups excluding carboxylic acids is 3. The number of nitrogens with two attached hydrogens (primary N) is 1. The average molecular weight is 329 g/mol. The molecule has 3 amide bonds. The third-order valence-electron chi connectivity index (χ3n) is 2.84.